The molecule has 0 fully saturated rings. The molecule has 0 spiro atoms. The summed E-state index contributed by atoms with van der Waals surface area (Å²) in [4.78, 5) is 11.3. The molecule has 0 aliphatic heterocycles. The van der Waals surface area contributed by atoms with E-state index in [1.165, 1.54) is 32.1 Å². The molecule has 0 aromatic rings. The highest BCUT2D eigenvalue weighted by Crippen LogP contribution is 2.19. The van der Waals surface area contributed by atoms with E-state index in [9.17, 15) is 4.79 Å². The number of hydrogen-bond acceptors (Lipinski definition) is 2. The fourth-order valence-electron chi connectivity index (χ4n) is 2.37. The van der Waals surface area contributed by atoms with E-state index in [-0.39, 0.29) is 24.3 Å². The smallest absolute Gasteiger partial charge is 0.220 e. The fraction of sp³-hybridized carbons (Fsp3) is 0.824. The topological polar surface area (TPSA) is 63.3 Å². The molecule has 1 amide bonds. The van der Waals surface area contributed by atoms with Crippen LogP contribution in [-0.2, 0) is 4.79 Å². The number of nitrogens with two attached hydrogens (primary N) is 1. The van der Waals surface area contributed by atoms with Crippen molar-refractivity contribution in [3.05, 3.63) is 12.2 Å². The van der Waals surface area contributed by atoms with Crippen molar-refractivity contribution in [2.24, 2.45) is 17.6 Å². The largest absolute Gasteiger partial charge is 0.396 e. The highest BCUT2D eigenvalue weighted by Gasteiger charge is 2.21. The van der Waals surface area contributed by atoms with Crippen molar-refractivity contribution in [3.63, 3.8) is 0 Å². The van der Waals surface area contributed by atoms with E-state index in [2.05, 4.69) is 19.1 Å². The average Bonchev–Trinajstić information content (AvgIpc) is 2.43. The van der Waals surface area contributed by atoms with Gasteiger partial charge in [-0.05, 0) is 31.6 Å². The normalized spacial score (nSPS) is 14.6. The molecule has 3 N–H and O–H groups in total. The summed E-state index contributed by atoms with van der Waals surface area (Å²) in [6, 6.07) is 0. The monoisotopic (exact) mass is 283 g/mol. The molecule has 3 heteroatoms. The number of aliphatic hydroxyl groups is 1. The van der Waals surface area contributed by atoms with E-state index in [0.29, 0.717) is 0 Å². The first-order valence-electron chi connectivity index (χ1n) is 8.18. The molecule has 3 nitrogen and oxygen atoms in total. The first kappa shape index (κ1) is 19.2. The summed E-state index contributed by atoms with van der Waals surface area (Å²) in [5.41, 5.74) is 5.37. The van der Waals surface area contributed by atoms with Crippen LogP contribution in [0, 0.1) is 11.8 Å². The molecule has 0 heterocycles. The number of hydrogen-bond donors (Lipinski definition) is 2. The van der Waals surface area contributed by atoms with Gasteiger partial charge in [0, 0.05) is 12.5 Å². The van der Waals surface area contributed by atoms with Crippen molar-refractivity contribution in [1.29, 1.82) is 0 Å². The van der Waals surface area contributed by atoms with Gasteiger partial charge in [0.2, 0.25) is 5.91 Å². The lowest BCUT2D eigenvalue weighted by Crippen LogP contribution is -2.30. The van der Waals surface area contributed by atoms with Crippen molar-refractivity contribution < 1.29 is 9.90 Å². The zero-order valence-electron chi connectivity index (χ0n) is 13.3. The standard InChI is InChI=1S/C17H33NO2/c1-3-4-5-6-7-8-9-10-11-12-13-16(17(18)20)15(2)14-19/h6-7,15-16,19H,3-5,8-14H2,1-2H3,(H2,18,20)/b7-6+. The summed E-state index contributed by atoms with van der Waals surface area (Å²) in [7, 11) is 0. The third-order valence-corrected chi connectivity index (χ3v) is 3.87. The van der Waals surface area contributed by atoms with Crippen molar-refractivity contribution >= 4 is 5.91 Å². The quantitative estimate of drug-likeness (QED) is 0.399. The summed E-state index contributed by atoms with van der Waals surface area (Å²) in [5.74, 6) is -0.464. The predicted octanol–water partition coefficient (Wildman–Crippen LogP) is 3.80. The molecule has 0 rings (SSSR count). The Morgan fingerprint density at radius 2 is 1.70 bits per heavy atom. The number of aliphatic hydroxyl groups excluding tert-OH is 1. The van der Waals surface area contributed by atoms with Crippen LogP contribution >= 0.6 is 0 Å². The molecule has 0 aromatic heterocycles. The lowest BCUT2D eigenvalue weighted by Gasteiger charge is -2.18. The molecule has 0 aliphatic rings. The van der Waals surface area contributed by atoms with Crippen molar-refractivity contribution in [2.75, 3.05) is 6.61 Å². The first-order chi connectivity index (χ1) is 9.63. The Labute approximate surface area is 124 Å². The highest BCUT2D eigenvalue weighted by molar-refractivity contribution is 5.76. The molecular formula is C17H33NO2. The molecule has 118 valence electrons. The number of rotatable bonds is 13. The molecule has 0 saturated carbocycles. The third kappa shape index (κ3) is 10.0. The minimum atomic E-state index is -0.273. The number of amides is 1. The molecule has 0 bridgehead atoms. The van der Waals surface area contributed by atoms with Gasteiger partial charge in [-0.25, -0.2) is 0 Å². The summed E-state index contributed by atoms with van der Waals surface area (Å²) >= 11 is 0. The number of carbonyl (C=O) groups is 1. The van der Waals surface area contributed by atoms with Gasteiger partial charge in [0.15, 0.2) is 0 Å². The zero-order valence-corrected chi connectivity index (χ0v) is 13.3. The van der Waals surface area contributed by atoms with Crippen LogP contribution in [0.1, 0.15) is 71.6 Å². The molecule has 0 saturated heterocycles. The van der Waals surface area contributed by atoms with Gasteiger partial charge in [0.1, 0.15) is 0 Å². The van der Waals surface area contributed by atoms with Gasteiger partial charge >= 0.3 is 0 Å². The average molecular weight is 283 g/mol. The summed E-state index contributed by atoms with van der Waals surface area (Å²) < 4.78 is 0. The fourth-order valence-corrected chi connectivity index (χ4v) is 2.37. The predicted molar refractivity (Wildman–Crippen MR) is 85.3 cm³/mol. The molecule has 0 aromatic carbocycles. The minimum Gasteiger partial charge on any atom is -0.396 e. The Morgan fingerprint density at radius 1 is 1.10 bits per heavy atom. The first-order valence-corrected chi connectivity index (χ1v) is 8.18. The molecule has 20 heavy (non-hydrogen) atoms. The SMILES string of the molecule is CCCC/C=C/CCCCCCC(C(N)=O)C(C)CO. The third-order valence-electron chi connectivity index (χ3n) is 3.87. The van der Waals surface area contributed by atoms with Crippen LogP contribution in [0.15, 0.2) is 12.2 Å². The van der Waals surface area contributed by atoms with E-state index in [4.69, 9.17) is 10.8 Å². The number of allylic oxidation sites excluding steroid dienone is 2. The number of carbonyl (C=O) groups excluding carboxylic acids is 1. The van der Waals surface area contributed by atoms with Crippen LogP contribution in [-0.4, -0.2) is 17.6 Å². The molecule has 0 aliphatic carbocycles. The van der Waals surface area contributed by atoms with Crippen LogP contribution < -0.4 is 5.73 Å². The van der Waals surface area contributed by atoms with E-state index < -0.39 is 0 Å². The maximum atomic E-state index is 11.3. The number of primary amides is 1. The van der Waals surface area contributed by atoms with Crippen LogP contribution in [0.4, 0.5) is 0 Å². The Bertz CT molecular complexity index is 264. The maximum Gasteiger partial charge on any atom is 0.220 e. The number of unbranched alkanes of at least 4 members (excludes halogenated alkanes) is 6. The lowest BCUT2D eigenvalue weighted by atomic mass is 9.89. The van der Waals surface area contributed by atoms with Gasteiger partial charge in [-0.1, -0.05) is 58.1 Å². The summed E-state index contributed by atoms with van der Waals surface area (Å²) in [6.45, 7) is 4.14. The van der Waals surface area contributed by atoms with Crippen LogP contribution in [0.25, 0.3) is 0 Å². The van der Waals surface area contributed by atoms with Gasteiger partial charge in [0.05, 0.1) is 0 Å². The van der Waals surface area contributed by atoms with Crippen LogP contribution in [0.3, 0.4) is 0 Å². The zero-order chi connectivity index (χ0) is 15.2. The minimum absolute atomic E-state index is 0.0194. The second-order valence-electron chi connectivity index (χ2n) is 5.77. The van der Waals surface area contributed by atoms with E-state index in [0.717, 1.165) is 25.7 Å². The molecule has 2 unspecified atom stereocenters. The Hall–Kier alpha value is -0.830. The molecule has 0 radical (unpaired) electrons. The summed E-state index contributed by atoms with van der Waals surface area (Å²) in [5, 5.41) is 9.10. The van der Waals surface area contributed by atoms with Gasteiger partial charge in [-0.3, -0.25) is 4.79 Å². The van der Waals surface area contributed by atoms with E-state index in [1.54, 1.807) is 0 Å². The van der Waals surface area contributed by atoms with Crippen molar-refractivity contribution in [1.82, 2.24) is 0 Å². The maximum absolute atomic E-state index is 11.3. The molecule has 2 atom stereocenters. The summed E-state index contributed by atoms with van der Waals surface area (Å²) in [6.07, 6.45) is 14.9. The molecular weight excluding hydrogens is 250 g/mol. The van der Waals surface area contributed by atoms with Gasteiger partial charge in [-0.2, -0.15) is 0 Å². The Kier molecular flexibility index (Phi) is 12.6. The van der Waals surface area contributed by atoms with Crippen LogP contribution in [0.5, 0.6) is 0 Å². The van der Waals surface area contributed by atoms with Crippen molar-refractivity contribution in [2.45, 2.75) is 71.6 Å². The van der Waals surface area contributed by atoms with Crippen molar-refractivity contribution in [3.8, 4) is 0 Å². The lowest BCUT2D eigenvalue weighted by molar-refractivity contribution is -0.124. The van der Waals surface area contributed by atoms with Crippen LogP contribution in [0.2, 0.25) is 0 Å². The van der Waals surface area contributed by atoms with E-state index in [1.807, 2.05) is 6.92 Å². The van der Waals surface area contributed by atoms with Gasteiger partial charge < -0.3 is 10.8 Å². The highest BCUT2D eigenvalue weighted by atomic mass is 16.3. The van der Waals surface area contributed by atoms with E-state index >= 15 is 0 Å². The second kappa shape index (κ2) is 13.2. The Morgan fingerprint density at radius 3 is 2.25 bits per heavy atom. The Balaban J connectivity index is 3.55. The van der Waals surface area contributed by atoms with Gasteiger partial charge in [0.25, 0.3) is 0 Å². The van der Waals surface area contributed by atoms with Gasteiger partial charge in [-0.15, -0.1) is 0 Å². The second-order valence-corrected chi connectivity index (χ2v) is 5.77.